The average Bonchev–Trinajstić information content (AvgIpc) is 3.14. The Morgan fingerprint density at radius 1 is 1.33 bits per heavy atom. The normalized spacial score (nSPS) is 16.5. The van der Waals surface area contributed by atoms with Gasteiger partial charge in [0.05, 0.1) is 16.9 Å². The van der Waals surface area contributed by atoms with Gasteiger partial charge in [0, 0.05) is 19.5 Å². The lowest BCUT2D eigenvalue weighted by molar-refractivity contribution is -0.136. The Hall–Kier alpha value is -2.17. The molecule has 1 saturated carbocycles. The average molecular weight is 327 g/mol. The molecule has 5 heteroatoms. The summed E-state index contributed by atoms with van der Waals surface area (Å²) in [5.41, 5.74) is 0.655. The lowest BCUT2D eigenvalue weighted by Crippen LogP contribution is -2.37. The van der Waals surface area contributed by atoms with Gasteiger partial charge in [-0.1, -0.05) is 25.0 Å². The van der Waals surface area contributed by atoms with Gasteiger partial charge in [0.1, 0.15) is 5.82 Å². The minimum atomic E-state index is -0.227. The molecule has 1 heterocycles. The van der Waals surface area contributed by atoms with E-state index in [-0.39, 0.29) is 23.4 Å². The molecule has 0 spiro atoms. The standard InChI is InChI=1S/C19H25N3O2/c1-4-22-17(20-16-12-8-7-11-15(16)19(22)24)13(2)21(3)18(23)14-9-5-6-10-14/h7-8,11-14H,4-6,9-10H2,1-3H3. The van der Waals surface area contributed by atoms with Gasteiger partial charge < -0.3 is 4.90 Å². The summed E-state index contributed by atoms with van der Waals surface area (Å²) >= 11 is 0. The molecule has 0 radical (unpaired) electrons. The van der Waals surface area contributed by atoms with E-state index in [9.17, 15) is 9.59 Å². The molecule has 1 unspecified atom stereocenters. The number of fused-ring (bicyclic) bond motifs is 1. The third kappa shape index (κ3) is 2.83. The Kier molecular flexibility index (Phi) is 4.69. The number of rotatable bonds is 4. The SMILES string of the molecule is CCn1c(C(C)N(C)C(=O)C2CCCC2)nc2ccccc2c1=O. The van der Waals surface area contributed by atoms with E-state index in [1.165, 1.54) is 0 Å². The Bertz CT molecular complexity index is 806. The van der Waals surface area contributed by atoms with Gasteiger partial charge in [-0.25, -0.2) is 4.98 Å². The predicted octanol–water partition coefficient (Wildman–Crippen LogP) is 3.13. The maximum atomic E-state index is 12.8. The van der Waals surface area contributed by atoms with Gasteiger partial charge in [-0.3, -0.25) is 14.2 Å². The van der Waals surface area contributed by atoms with Gasteiger partial charge >= 0.3 is 0 Å². The maximum absolute atomic E-state index is 12.8. The summed E-state index contributed by atoms with van der Waals surface area (Å²) in [4.78, 5) is 31.9. The molecule has 0 bridgehead atoms. The van der Waals surface area contributed by atoms with E-state index in [0.29, 0.717) is 23.3 Å². The third-order valence-electron chi connectivity index (χ3n) is 5.21. The van der Waals surface area contributed by atoms with Crippen LogP contribution in [0.25, 0.3) is 10.9 Å². The molecular weight excluding hydrogens is 302 g/mol. The Morgan fingerprint density at radius 2 is 2.00 bits per heavy atom. The smallest absolute Gasteiger partial charge is 0.261 e. The molecule has 2 aromatic rings. The summed E-state index contributed by atoms with van der Waals surface area (Å²) < 4.78 is 1.69. The molecule has 1 fully saturated rings. The van der Waals surface area contributed by atoms with Gasteiger partial charge in [0.25, 0.3) is 5.56 Å². The summed E-state index contributed by atoms with van der Waals surface area (Å²) in [6.07, 6.45) is 4.21. The molecule has 1 amide bonds. The number of carbonyl (C=O) groups excluding carboxylic acids is 1. The van der Waals surface area contributed by atoms with Gasteiger partial charge in [0.2, 0.25) is 5.91 Å². The quantitative estimate of drug-likeness (QED) is 0.867. The van der Waals surface area contributed by atoms with E-state index in [1.54, 1.807) is 15.5 Å². The first-order valence-electron chi connectivity index (χ1n) is 8.80. The lowest BCUT2D eigenvalue weighted by atomic mass is 10.1. The van der Waals surface area contributed by atoms with Crippen LogP contribution in [0.5, 0.6) is 0 Å². The number of aromatic nitrogens is 2. The molecule has 24 heavy (non-hydrogen) atoms. The van der Waals surface area contributed by atoms with Crippen molar-refractivity contribution in [2.75, 3.05) is 7.05 Å². The first-order chi connectivity index (χ1) is 11.5. The van der Waals surface area contributed by atoms with Crippen molar-refractivity contribution in [3.05, 3.63) is 40.4 Å². The summed E-state index contributed by atoms with van der Waals surface area (Å²) in [5, 5.41) is 0.625. The van der Waals surface area contributed by atoms with Crippen molar-refractivity contribution in [1.82, 2.24) is 14.5 Å². The highest BCUT2D eigenvalue weighted by atomic mass is 16.2. The summed E-state index contributed by atoms with van der Waals surface area (Å²) in [7, 11) is 1.83. The molecule has 1 aliphatic rings. The van der Waals surface area contributed by atoms with Crippen LogP contribution in [-0.2, 0) is 11.3 Å². The van der Waals surface area contributed by atoms with Crippen LogP contribution < -0.4 is 5.56 Å². The second-order valence-electron chi connectivity index (χ2n) is 6.64. The first kappa shape index (κ1) is 16.7. The molecule has 1 aromatic carbocycles. The van der Waals surface area contributed by atoms with Crippen LogP contribution in [0.1, 0.15) is 51.4 Å². The van der Waals surface area contributed by atoms with E-state index >= 15 is 0 Å². The fourth-order valence-electron chi connectivity index (χ4n) is 3.63. The van der Waals surface area contributed by atoms with E-state index in [2.05, 4.69) is 0 Å². The molecule has 128 valence electrons. The van der Waals surface area contributed by atoms with E-state index in [4.69, 9.17) is 4.98 Å². The minimum absolute atomic E-state index is 0.0355. The summed E-state index contributed by atoms with van der Waals surface area (Å²) in [6.45, 7) is 4.43. The highest BCUT2D eigenvalue weighted by Crippen LogP contribution is 2.29. The molecule has 3 rings (SSSR count). The molecule has 0 N–H and O–H groups in total. The monoisotopic (exact) mass is 327 g/mol. The first-order valence-corrected chi connectivity index (χ1v) is 8.80. The highest BCUT2D eigenvalue weighted by molar-refractivity contribution is 5.80. The largest absolute Gasteiger partial charge is 0.336 e. The predicted molar refractivity (Wildman–Crippen MR) is 94.8 cm³/mol. The number of carbonyl (C=O) groups is 1. The number of benzene rings is 1. The highest BCUT2D eigenvalue weighted by Gasteiger charge is 2.29. The Labute approximate surface area is 142 Å². The zero-order chi connectivity index (χ0) is 17.3. The molecule has 1 aliphatic carbocycles. The fraction of sp³-hybridized carbons (Fsp3) is 0.526. The van der Waals surface area contributed by atoms with Crippen LogP contribution in [0.3, 0.4) is 0 Å². The van der Waals surface area contributed by atoms with Crippen LogP contribution in [0.2, 0.25) is 0 Å². The maximum Gasteiger partial charge on any atom is 0.261 e. The topological polar surface area (TPSA) is 55.2 Å². The van der Waals surface area contributed by atoms with E-state index < -0.39 is 0 Å². The van der Waals surface area contributed by atoms with Crippen molar-refractivity contribution in [3.8, 4) is 0 Å². The van der Waals surface area contributed by atoms with Crippen LogP contribution >= 0.6 is 0 Å². The second kappa shape index (κ2) is 6.75. The van der Waals surface area contributed by atoms with Gasteiger partial charge in [0.15, 0.2) is 0 Å². The minimum Gasteiger partial charge on any atom is -0.336 e. The lowest BCUT2D eigenvalue weighted by Gasteiger charge is -2.28. The van der Waals surface area contributed by atoms with Crippen molar-refractivity contribution >= 4 is 16.8 Å². The number of para-hydroxylation sites is 1. The Morgan fingerprint density at radius 3 is 2.67 bits per heavy atom. The van der Waals surface area contributed by atoms with Crippen molar-refractivity contribution in [2.45, 2.75) is 52.1 Å². The number of hydrogen-bond donors (Lipinski definition) is 0. The van der Waals surface area contributed by atoms with E-state index in [0.717, 1.165) is 25.7 Å². The molecule has 0 saturated heterocycles. The number of amides is 1. The molecule has 1 aromatic heterocycles. The molecule has 1 atom stereocenters. The van der Waals surface area contributed by atoms with Crippen molar-refractivity contribution in [1.29, 1.82) is 0 Å². The third-order valence-corrected chi connectivity index (χ3v) is 5.21. The van der Waals surface area contributed by atoms with Gasteiger partial charge in [-0.15, -0.1) is 0 Å². The summed E-state index contributed by atoms with van der Waals surface area (Å²) in [6, 6.07) is 7.16. The van der Waals surface area contributed by atoms with Crippen LogP contribution in [-0.4, -0.2) is 27.4 Å². The Balaban J connectivity index is 2.00. The van der Waals surface area contributed by atoms with E-state index in [1.807, 2.05) is 39.1 Å². The van der Waals surface area contributed by atoms with Gasteiger partial charge in [-0.05, 0) is 38.8 Å². The molecule has 0 aliphatic heterocycles. The number of nitrogens with zero attached hydrogens (tertiary/aromatic N) is 3. The van der Waals surface area contributed by atoms with Crippen LogP contribution in [0, 0.1) is 5.92 Å². The van der Waals surface area contributed by atoms with Crippen molar-refractivity contribution < 1.29 is 4.79 Å². The zero-order valence-corrected chi connectivity index (χ0v) is 14.7. The van der Waals surface area contributed by atoms with Crippen LogP contribution in [0.4, 0.5) is 0 Å². The van der Waals surface area contributed by atoms with Crippen LogP contribution in [0.15, 0.2) is 29.1 Å². The van der Waals surface area contributed by atoms with Crippen molar-refractivity contribution in [3.63, 3.8) is 0 Å². The molecular formula is C19H25N3O2. The number of hydrogen-bond acceptors (Lipinski definition) is 3. The second-order valence-corrected chi connectivity index (χ2v) is 6.64. The summed E-state index contributed by atoms with van der Waals surface area (Å²) in [5.74, 6) is 0.958. The van der Waals surface area contributed by atoms with Gasteiger partial charge in [-0.2, -0.15) is 0 Å². The zero-order valence-electron chi connectivity index (χ0n) is 14.7. The fourth-order valence-corrected chi connectivity index (χ4v) is 3.63. The van der Waals surface area contributed by atoms with Crippen molar-refractivity contribution in [2.24, 2.45) is 5.92 Å². The molecule has 5 nitrogen and oxygen atoms in total.